The van der Waals surface area contributed by atoms with Crippen molar-refractivity contribution in [1.29, 1.82) is 0 Å². The van der Waals surface area contributed by atoms with Crippen molar-refractivity contribution in [1.82, 2.24) is 4.90 Å². The Morgan fingerprint density at radius 3 is 2.71 bits per heavy atom. The highest BCUT2D eigenvalue weighted by Gasteiger charge is 2.30. The van der Waals surface area contributed by atoms with Crippen LogP contribution in [0.1, 0.15) is 38.7 Å². The van der Waals surface area contributed by atoms with Gasteiger partial charge in [0.15, 0.2) is 0 Å². The van der Waals surface area contributed by atoms with Gasteiger partial charge in [0.1, 0.15) is 4.99 Å². The number of carbonyl (C=O) groups is 1. The Hall–Kier alpha value is -1.46. The van der Waals surface area contributed by atoms with Gasteiger partial charge in [0.05, 0.1) is 6.04 Å². The average Bonchev–Trinajstić information content (AvgIpc) is 2.95. The first-order valence-corrected chi connectivity index (χ1v) is 7.90. The van der Waals surface area contributed by atoms with Gasteiger partial charge in [-0.05, 0) is 57.0 Å². The zero-order chi connectivity index (χ0) is 15.4. The number of anilines is 1. The van der Waals surface area contributed by atoms with Gasteiger partial charge in [0.25, 0.3) is 0 Å². The molecule has 1 heterocycles. The van der Waals surface area contributed by atoms with Gasteiger partial charge >= 0.3 is 0 Å². The molecule has 0 spiro atoms. The zero-order valence-corrected chi connectivity index (χ0v) is 13.5. The third kappa shape index (κ3) is 3.80. The lowest BCUT2D eigenvalue weighted by atomic mass is 10.1. The van der Waals surface area contributed by atoms with Crippen molar-refractivity contribution in [3.8, 4) is 0 Å². The second-order valence-corrected chi connectivity index (χ2v) is 5.99. The standard InChI is InChI=1S/C16H23N3OS/c1-3-14-5-4-10-19(14)11(2)16(20)18-13-8-6-12(7-9-13)15(17)21/h6-9,11,14H,3-5,10H2,1-2H3,(H2,17,21)(H,18,20). The summed E-state index contributed by atoms with van der Waals surface area (Å²) in [7, 11) is 0. The van der Waals surface area contributed by atoms with Crippen LogP contribution in [0.4, 0.5) is 5.69 Å². The molecule has 0 aliphatic carbocycles. The fourth-order valence-electron chi connectivity index (χ4n) is 2.92. The first-order chi connectivity index (χ1) is 10.0. The Labute approximate surface area is 131 Å². The molecule has 1 aliphatic heterocycles. The number of rotatable bonds is 5. The number of nitrogens with one attached hydrogen (secondary N) is 1. The van der Waals surface area contributed by atoms with E-state index in [-0.39, 0.29) is 11.9 Å². The minimum absolute atomic E-state index is 0.0402. The van der Waals surface area contributed by atoms with E-state index in [4.69, 9.17) is 18.0 Å². The quantitative estimate of drug-likeness (QED) is 0.821. The summed E-state index contributed by atoms with van der Waals surface area (Å²) in [5.74, 6) is 0.0402. The summed E-state index contributed by atoms with van der Waals surface area (Å²) in [6.07, 6.45) is 3.47. The Morgan fingerprint density at radius 2 is 2.14 bits per heavy atom. The van der Waals surface area contributed by atoms with Gasteiger partial charge in [0, 0.05) is 17.3 Å². The molecule has 0 saturated carbocycles. The smallest absolute Gasteiger partial charge is 0.241 e. The monoisotopic (exact) mass is 305 g/mol. The second kappa shape index (κ2) is 7.00. The number of hydrogen-bond donors (Lipinski definition) is 2. The highest BCUT2D eigenvalue weighted by Crippen LogP contribution is 2.23. The molecule has 0 radical (unpaired) electrons. The SMILES string of the molecule is CCC1CCCN1C(C)C(=O)Nc1ccc(C(N)=S)cc1. The van der Waals surface area contributed by atoms with Crippen LogP contribution in [-0.4, -0.2) is 34.4 Å². The van der Waals surface area contributed by atoms with Gasteiger partial charge in [0.2, 0.25) is 5.91 Å². The first-order valence-electron chi connectivity index (χ1n) is 7.49. The predicted molar refractivity (Wildman–Crippen MR) is 90.4 cm³/mol. The van der Waals surface area contributed by atoms with E-state index in [9.17, 15) is 4.79 Å². The summed E-state index contributed by atoms with van der Waals surface area (Å²) >= 11 is 4.92. The van der Waals surface area contributed by atoms with E-state index >= 15 is 0 Å². The second-order valence-electron chi connectivity index (χ2n) is 5.55. The maximum absolute atomic E-state index is 12.4. The van der Waals surface area contributed by atoms with Gasteiger partial charge in [-0.1, -0.05) is 19.1 Å². The third-order valence-electron chi connectivity index (χ3n) is 4.21. The topological polar surface area (TPSA) is 58.4 Å². The van der Waals surface area contributed by atoms with Crippen molar-refractivity contribution in [2.45, 2.75) is 45.2 Å². The molecular formula is C16H23N3OS. The maximum Gasteiger partial charge on any atom is 0.241 e. The number of amides is 1. The lowest BCUT2D eigenvalue weighted by Crippen LogP contribution is -2.44. The maximum atomic E-state index is 12.4. The van der Waals surface area contributed by atoms with Gasteiger partial charge in [-0.3, -0.25) is 9.69 Å². The van der Waals surface area contributed by atoms with Gasteiger partial charge in [-0.2, -0.15) is 0 Å². The predicted octanol–water partition coefficient (Wildman–Crippen LogP) is 2.52. The highest BCUT2D eigenvalue weighted by atomic mass is 32.1. The fraction of sp³-hybridized carbons (Fsp3) is 0.500. The molecule has 114 valence electrons. The molecule has 0 aromatic heterocycles. The molecular weight excluding hydrogens is 282 g/mol. The lowest BCUT2D eigenvalue weighted by molar-refractivity contribution is -0.121. The molecule has 2 rings (SSSR count). The molecule has 3 N–H and O–H groups in total. The van der Waals surface area contributed by atoms with Crippen molar-refractivity contribution in [3.63, 3.8) is 0 Å². The Balaban J connectivity index is 1.98. The number of nitrogens with zero attached hydrogens (tertiary/aromatic N) is 1. The largest absolute Gasteiger partial charge is 0.389 e. The highest BCUT2D eigenvalue weighted by molar-refractivity contribution is 7.80. The molecule has 5 heteroatoms. The minimum atomic E-state index is -0.104. The van der Waals surface area contributed by atoms with Gasteiger partial charge < -0.3 is 11.1 Å². The van der Waals surface area contributed by atoms with E-state index in [0.717, 1.165) is 24.2 Å². The Kier molecular flexibility index (Phi) is 5.31. The Morgan fingerprint density at radius 1 is 1.48 bits per heavy atom. The number of benzene rings is 1. The minimum Gasteiger partial charge on any atom is -0.389 e. The molecule has 0 bridgehead atoms. The van der Waals surface area contributed by atoms with Gasteiger partial charge in [-0.15, -0.1) is 0 Å². The normalized spacial score (nSPS) is 20.2. The third-order valence-corrected chi connectivity index (χ3v) is 4.44. The van der Waals surface area contributed by atoms with Crippen LogP contribution in [0.5, 0.6) is 0 Å². The zero-order valence-electron chi connectivity index (χ0n) is 12.6. The van der Waals surface area contributed by atoms with E-state index in [0.29, 0.717) is 11.0 Å². The summed E-state index contributed by atoms with van der Waals surface area (Å²) in [6.45, 7) is 5.17. The molecule has 1 aromatic carbocycles. The van der Waals surface area contributed by atoms with Crippen molar-refractivity contribution >= 4 is 28.8 Å². The first kappa shape index (κ1) is 15.9. The summed E-state index contributed by atoms with van der Waals surface area (Å²) < 4.78 is 0. The molecule has 1 fully saturated rings. The van der Waals surface area contributed by atoms with E-state index < -0.39 is 0 Å². The van der Waals surface area contributed by atoms with E-state index in [1.165, 1.54) is 12.8 Å². The summed E-state index contributed by atoms with van der Waals surface area (Å²) in [5.41, 5.74) is 7.15. The van der Waals surface area contributed by atoms with Crippen molar-refractivity contribution in [2.24, 2.45) is 5.73 Å². The molecule has 1 aliphatic rings. The molecule has 1 amide bonds. The van der Waals surface area contributed by atoms with Crippen LogP contribution in [0.3, 0.4) is 0 Å². The van der Waals surface area contributed by atoms with E-state index in [2.05, 4.69) is 17.1 Å². The average molecular weight is 305 g/mol. The summed E-state index contributed by atoms with van der Waals surface area (Å²) in [4.78, 5) is 15.0. The molecule has 2 atom stereocenters. The van der Waals surface area contributed by atoms with E-state index in [1.54, 1.807) is 0 Å². The molecule has 1 saturated heterocycles. The van der Waals surface area contributed by atoms with Crippen molar-refractivity contribution in [2.75, 3.05) is 11.9 Å². The molecule has 4 nitrogen and oxygen atoms in total. The number of hydrogen-bond acceptors (Lipinski definition) is 3. The van der Waals surface area contributed by atoms with Crippen molar-refractivity contribution < 1.29 is 4.79 Å². The van der Waals surface area contributed by atoms with Gasteiger partial charge in [-0.25, -0.2) is 0 Å². The van der Waals surface area contributed by atoms with E-state index in [1.807, 2.05) is 31.2 Å². The Bertz CT molecular complexity index is 515. The summed E-state index contributed by atoms with van der Waals surface area (Å²) in [5, 5.41) is 2.96. The number of likely N-dealkylation sites (tertiary alicyclic amines) is 1. The van der Waals surface area contributed by atoms with Crippen LogP contribution >= 0.6 is 12.2 Å². The number of nitrogens with two attached hydrogens (primary N) is 1. The van der Waals surface area contributed by atoms with Crippen LogP contribution in [0.25, 0.3) is 0 Å². The summed E-state index contributed by atoms with van der Waals surface area (Å²) in [6, 6.07) is 7.75. The number of carbonyl (C=O) groups excluding carboxylic acids is 1. The molecule has 2 unspecified atom stereocenters. The molecule has 1 aromatic rings. The lowest BCUT2D eigenvalue weighted by Gasteiger charge is -2.29. The fourth-order valence-corrected chi connectivity index (χ4v) is 3.06. The van der Waals surface area contributed by atoms with Crippen LogP contribution in [0, 0.1) is 0 Å². The van der Waals surface area contributed by atoms with Crippen LogP contribution in [-0.2, 0) is 4.79 Å². The number of thiocarbonyl (C=S) groups is 1. The van der Waals surface area contributed by atoms with Crippen LogP contribution in [0.15, 0.2) is 24.3 Å². The van der Waals surface area contributed by atoms with Crippen molar-refractivity contribution in [3.05, 3.63) is 29.8 Å². The molecule has 21 heavy (non-hydrogen) atoms. The van der Waals surface area contributed by atoms with Crippen LogP contribution in [0.2, 0.25) is 0 Å². The van der Waals surface area contributed by atoms with Crippen LogP contribution < -0.4 is 11.1 Å².